The maximum absolute atomic E-state index is 7.28. The van der Waals surface area contributed by atoms with E-state index in [1.54, 1.807) is 0 Å². The Morgan fingerprint density at radius 2 is 1.24 bits per heavy atom. The molecule has 3 rings (SSSR count). The summed E-state index contributed by atoms with van der Waals surface area (Å²) in [5.74, 6) is 0.484. The van der Waals surface area contributed by atoms with Gasteiger partial charge < -0.3 is 8.85 Å². The third kappa shape index (κ3) is 5.79. The van der Waals surface area contributed by atoms with Crippen LogP contribution in [0.25, 0.3) is 0 Å². The summed E-state index contributed by atoms with van der Waals surface area (Å²) < 4.78 is 13.8. The highest BCUT2D eigenvalue weighted by Gasteiger charge is 2.51. The van der Waals surface area contributed by atoms with Gasteiger partial charge in [-0.1, -0.05) is 114 Å². The fourth-order valence-electron chi connectivity index (χ4n) is 4.54. The van der Waals surface area contributed by atoms with Crippen LogP contribution in [0.3, 0.4) is 0 Å². The van der Waals surface area contributed by atoms with Crippen LogP contribution in [-0.4, -0.2) is 29.3 Å². The predicted molar refractivity (Wildman–Crippen MR) is 148 cm³/mol. The highest BCUT2D eigenvalue weighted by molar-refractivity contribution is 6.99. The average Bonchev–Trinajstić information content (AvgIpc) is 2.76. The molecule has 0 bridgehead atoms. The summed E-state index contributed by atoms with van der Waals surface area (Å²) in [4.78, 5) is 0. The van der Waals surface area contributed by atoms with Gasteiger partial charge in [-0.3, -0.25) is 0 Å². The van der Waals surface area contributed by atoms with Gasteiger partial charge in [-0.15, -0.1) is 0 Å². The summed E-state index contributed by atoms with van der Waals surface area (Å²) in [6, 6.07) is 21.9. The molecule has 0 unspecified atom stereocenters. The number of hydrogen-bond donors (Lipinski definition) is 0. The molecule has 0 aliphatic heterocycles. The molecule has 0 fully saturated rings. The first-order chi connectivity index (χ1) is 15.4. The van der Waals surface area contributed by atoms with E-state index in [1.165, 1.54) is 10.4 Å². The lowest BCUT2D eigenvalue weighted by molar-refractivity contribution is 0.183. The van der Waals surface area contributed by atoms with E-state index in [0.29, 0.717) is 5.92 Å². The van der Waals surface area contributed by atoms with E-state index in [0.717, 1.165) is 19.4 Å². The van der Waals surface area contributed by atoms with Crippen LogP contribution in [0.2, 0.25) is 23.2 Å². The molecule has 4 heteroatoms. The quantitative estimate of drug-likeness (QED) is 0.316. The molecule has 0 saturated heterocycles. The average molecular weight is 481 g/mol. The predicted octanol–water partition coefficient (Wildman–Crippen LogP) is 6.92. The maximum Gasteiger partial charge on any atom is 0.261 e. The molecule has 33 heavy (non-hydrogen) atoms. The van der Waals surface area contributed by atoms with E-state index >= 15 is 0 Å². The second-order valence-electron chi connectivity index (χ2n) is 12.1. The third-order valence-corrected chi connectivity index (χ3v) is 17.2. The van der Waals surface area contributed by atoms with Crippen LogP contribution < -0.4 is 10.4 Å². The Kier molecular flexibility index (Phi) is 7.94. The van der Waals surface area contributed by atoms with Gasteiger partial charge in [-0.2, -0.15) is 0 Å². The lowest BCUT2D eigenvalue weighted by Gasteiger charge is -2.45. The molecule has 0 N–H and O–H groups in total. The molecule has 0 saturated carbocycles. The molecule has 2 aromatic rings. The third-order valence-electron chi connectivity index (χ3n) is 7.63. The second-order valence-corrected chi connectivity index (χ2v) is 21.2. The van der Waals surface area contributed by atoms with E-state index in [4.69, 9.17) is 8.85 Å². The van der Waals surface area contributed by atoms with Crippen LogP contribution in [0.4, 0.5) is 0 Å². The largest absolute Gasteiger partial charge is 0.416 e. The van der Waals surface area contributed by atoms with Crippen molar-refractivity contribution >= 4 is 27.0 Å². The van der Waals surface area contributed by atoms with Crippen molar-refractivity contribution in [1.29, 1.82) is 0 Å². The van der Waals surface area contributed by atoms with Crippen LogP contribution in [0.15, 0.2) is 72.8 Å². The summed E-state index contributed by atoms with van der Waals surface area (Å²) in [7, 11) is -4.22. The van der Waals surface area contributed by atoms with Crippen molar-refractivity contribution in [2.24, 2.45) is 5.92 Å². The minimum absolute atomic E-state index is 0.00579. The molecule has 2 nitrogen and oxygen atoms in total. The zero-order valence-corrected chi connectivity index (χ0v) is 24.0. The van der Waals surface area contributed by atoms with E-state index in [9.17, 15) is 0 Å². The van der Waals surface area contributed by atoms with Crippen LogP contribution in [0.5, 0.6) is 0 Å². The van der Waals surface area contributed by atoms with E-state index in [-0.39, 0.29) is 16.2 Å². The fourth-order valence-corrected chi connectivity index (χ4v) is 10.3. The SMILES string of the molecule is CC(C)(C)[Si](C)(C)OC[C@H]1C=C[C@@H](O[Si](c2ccccc2)(c2ccccc2)C(C)(C)C)CC1. The van der Waals surface area contributed by atoms with Crippen LogP contribution in [0, 0.1) is 5.92 Å². The molecule has 1 aliphatic carbocycles. The monoisotopic (exact) mass is 480 g/mol. The Balaban J connectivity index is 1.85. The van der Waals surface area contributed by atoms with Crippen molar-refractivity contribution in [2.75, 3.05) is 6.61 Å². The molecule has 0 radical (unpaired) electrons. The Hall–Kier alpha value is -1.47. The first-order valence-corrected chi connectivity index (χ1v) is 17.3. The summed E-state index contributed by atoms with van der Waals surface area (Å²) in [6.07, 6.45) is 6.99. The molecule has 0 amide bonds. The zero-order chi connectivity index (χ0) is 24.3. The Morgan fingerprint density at radius 1 is 0.727 bits per heavy atom. The highest BCUT2D eigenvalue weighted by Crippen LogP contribution is 2.40. The van der Waals surface area contributed by atoms with E-state index < -0.39 is 16.6 Å². The van der Waals surface area contributed by atoms with Gasteiger partial charge in [0.25, 0.3) is 8.32 Å². The topological polar surface area (TPSA) is 18.5 Å². The van der Waals surface area contributed by atoms with Crippen LogP contribution in [0.1, 0.15) is 54.4 Å². The van der Waals surface area contributed by atoms with Crippen LogP contribution >= 0.6 is 0 Å². The minimum atomic E-state index is -2.51. The summed E-state index contributed by atoms with van der Waals surface area (Å²) in [5, 5.41) is 2.95. The normalized spacial score (nSPS) is 20.1. The highest BCUT2D eigenvalue weighted by atomic mass is 28.4. The molecule has 0 aromatic heterocycles. The summed E-state index contributed by atoms with van der Waals surface area (Å²) in [6.45, 7) is 19.5. The molecule has 180 valence electrons. The smallest absolute Gasteiger partial charge is 0.261 e. The lowest BCUT2D eigenvalue weighted by Crippen LogP contribution is -2.67. The summed E-state index contributed by atoms with van der Waals surface area (Å²) >= 11 is 0. The molecule has 2 atom stereocenters. The van der Waals surface area contributed by atoms with Crippen molar-refractivity contribution in [3.8, 4) is 0 Å². The van der Waals surface area contributed by atoms with Gasteiger partial charge >= 0.3 is 0 Å². The van der Waals surface area contributed by atoms with Crippen molar-refractivity contribution < 1.29 is 8.85 Å². The zero-order valence-electron chi connectivity index (χ0n) is 22.0. The van der Waals surface area contributed by atoms with Crippen LogP contribution in [-0.2, 0) is 8.85 Å². The van der Waals surface area contributed by atoms with Gasteiger partial charge in [0.15, 0.2) is 8.32 Å². The molecule has 0 spiro atoms. The molecular formula is C29H44O2Si2. The van der Waals surface area contributed by atoms with Gasteiger partial charge in [0, 0.05) is 6.61 Å². The fraction of sp³-hybridized carbons (Fsp3) is 0.517. The molecule has 1 aliphatic rings. The Labute approximate surface area is 204 Å². The molecular weight excluding hydrogens is 436 g/mol. The maximum atomic E-state index is 7.28. The number of rotatable bonds is 7. The van der Waals surface area contributed by atoms with Gasteiger partial charge in [0.05, 0.1) is 6.10 Å². The standard InChI is InChI=1S/C29H44O2Si2/c1-28(2,3)32(7,8)30-23-24-19-21-25(22-20-24)31-33(29(4,5)6,26-15-11-9-12-16-26)27-17-13-10-14-18-27/h9-19,21,24-25H,20,22-23H2,1-8H3/t24-,25+/m0/s1. The van der Waals surface area contributed by atoms with Gasteiger partial charge in [0.2, 0.25) is 0 Å². The lowest BCUT2D eigenvalue weighted by atomic mass is 9.95. The minimum Gasteiger partial charge on any atom is -0.416 e. The molecule has 0 heterocycles. The Bertz CT molecular complexity index is 869. The second kappa shape index (κ2) is 10.0. The Morgan fingerprint density at radius 3 is 1.64 bits per heavy atom. The van der Waals surface area contributed by atoms with Gasteiger partial charge in [-0.25, -0.2) is 0 Å². The first kappa shape index (κ1) is 26.1. The number of hydrogen-bond acceptors (Lipinski definition) is 2. The van der Waals surface area contributed by atoms with E-state index in [1.807, 2.05) is 0 Å². The van der Waals surface area contributed by atoms with Gasteiger partial charge in [0.1, 0.15) is 0 Å². The molecule has 2 aromatic carbocycles. The first-order valence-electron chi connectivity index (χ1n) is 12.5. The van der Waals surface area contributed by atoms with Crippen molar-refractivity contribution in [3.05, 3.63) is 72.8 Å². The number of benzene rings is 2. The van der Waals surface area contributed by atoms with Crippen molar-refractivity contribution in [1.82, 2.24) is 0 Å². The van der Waals surface area contributed by atoms with Gasteiger partial charge in [-0.05, 0) is 52.3 Å². The van der Waals surface area contributed by atoms with E-state index in [2.05, 4.69) is 127 Å². The van der Waals surface area contributed by atoms with Crippen molar-refractivity contribution in [3.63, 3.8) is 0 Å². The summed E-state index contributed by atoms with van der Waals surface area (Å²) in [5.41, 5.74) is 0. The van der Waals surface area contributed by atoms with Crippen molar-refractivity contribution in [2.45, 2.75) is 83.7 Å².